The molecule has 0 unspecified atom stereocenters. The molecule has 0 aliphatic rings. The number of carbonyl (C=O) groups excluding carboxylic acids is 3. The quantitative estimate of drug-likeness (QED) is 0.753. The summed E-state index contributed by atoms with van der Waals surface area (Å²) < 4.78 is 0. The van der Waals surface area contributed by atoms with Crippen molar-refractivity contribution in [1.29, 1.82) is 0 Å². The van der Waals surface area contributed by atoms with Gasteiger partial charge in [-0.25, -0.2) is 0 Å². The van der Waals surface area contributed by atoms with E-state index < -0.39 is 5.91 Å². The van der Waals surface area contributed by atoms with Gasteiger partial charge >= 0.3 is 0 Å². The van der Waals surface area contributed by atoms with Crippen LogP contribution in [0.2, 0.25) is 0 Å². The first-order valence-corrected chi connectivity index (χ1v) is 7.87. The molecule has 0 atom stereocenters. The molecule has 120 valence electrons. The lowest BCUT2D eigenvalue weighted by atomic mass is 10.1. The molecule has 7 heteroatoms. The standard InChI is InChI=1S/C16H17N3O3S/c1-10-3-2-4-11(9-10)15(22)18-7-5-13(20)19-16-12(14(17)21)6-8-23-16/h2-4,6,8-9H,5,7H2,1H3,(H2,17,21)(H,18,22)(H,19,20). The fraction of sp³-hybridized carbons (Fsp3) is 0.188. The van der Waals surface area contributed by atoms with Gasteiger partial charge in [0.2, 0.25) is 5.91 Å². The SMILES string of the molecule is Cc1cccc(C(=O)NCCC(=O)Nc2sccc2C(N)=O)c1. The number of aryl methyl sites for hydroxylation is 1. The van der Waals surface area contributed by atoms with Gasteiger partial charge in [0.25, 0.3) is 11.8 Å². The van der Waals surface area contributed by atoms with E-state index in [1.165, 1.54) is 11.3 Å². The largest absolute Gasteiger partial charge is 0.366 e. The molecule has 0 saturated carbocycles. The van der Waals surface area contributed by atoms with E-state index in [1.54, 1.807) is 29.6 Å². The minimum Gasteiger partial charge on any atom is -0.366 e. The van der Waals surface area contributed by atoms with Gasteiger partial charge in [-0.15, -0.1) is 11.3 Å². The fourth-order valence-electron chi connectivity index (χ4n) is 1.97. The van der Waals surface area contributed by atoms with E-state index in [-0.39, 0.29) is 30.3 Å². The Morgan fingerprint density at radius 3 is 2.70 bits per heavy atom. The average molecular weight is 331 g/mol. The van der Waals surface area contributed by atoms with Crippen LogP contribution in [0.25, 0.3) is 0 Å². The second-order valence-electron chi connectivity index (χ2n) is 4.95. The normalized spacial score (nSPS) is 10.1. The van der Waals surface area contributed by atoms with Crippen molar-refractivity contribution in [2.24, 2.45) is 5.73 Å². The molecule has 0 bridgehead atoms. The van der Waals surface area contributed by atoms with Crippen LogP contribution >= 0.6 is 11.3 Å². The van der Waals surface area contributed by atoms with Gasteiger partial charge in [-0.1, -0.05) is 17.7 Å². The van der Waals surface area contributed by atoms with Crippen molar-refractivity contribution in [3.8, 4) is 0 Å². The number of benzene rings is 1. The van der Waals surface area contributed by atoms with Gasteiger partial charge in [-0.05, 0) is 30.5 Å². The molecular weight excluding hydrogens is 314 g/mol. The van der Waals surface area contributed by atoms with Gasteiger partial charge in [0.1, 0.15) is 5.00 Å². The van der Waals surface area contributed by atoms with Crippen LogP contribution in [0.4, 0.5) is 5.00 Å². The van der Waals surface area contributed by atoms with Gasteiger partial charge in [-0.3, -0.25) is 14.4 Å². The van der Waals surface area contributed by atoms with Crippen LogP contribution in [0, 0.1) is 6.92 Å². The molecule has 1 heterocycles. The first-order chi connectivity index (χ1) is 11.0. The first kappa shape index (κ1) is 16.7. The summed E-state index contributed by atoms with van der Waals surface area (Å²) in [7, 11) is 0. The van der Waals surface area contributed by atoms with E-state index in [2.05, 4.69) is 10.6 Å². The Hall–Kier alpha value is -2.67. The zero-order chi connectivity index (χ0) is 16.8. The summed E-state index contributed by atoms with van der Waals surface area (Å²) in [4.78, 5) is 35.0. The molecule has 4 N–H and O–H groups in total. The number of hydrogen-bond acceptors (Lipinski definition) is 4. The van der Waals surface area contributed by atoms with E-state index >= 15 is 0 Å². The number of anilines is 1. The Labute approximate surface area is 137 Å². The first-order valence-electron chi connectivity index (χ1n) is 6.99. The molecule has 2 aromatic rings. The second kappa shape index (κ2) is 7.55. The topological polar surface area (TPSA) is 101 Å². The molecule has 0 fully saturated rings. The van der Waals surface area contributed by atoms with Crippen LogP contribution < -0.4 is 16.4 Å². The maximum atomic E-state index is 11.9. The van der Waals surface area contributed by atoms with Crippen molar-refractivity contribution in [3.63, 3.8) is 0 Å². The second-order valence-corrected chi connectivity index (χ2v) is 5.87. The van der Waals surface area contributed by atoms with E-state index in [1.807, 2.05) is 13.0 Å². The van der Waals surface area contributed by atoms with Gasteiger partial charge in [-0.2, -0.15) is 0 Å². The van der Waals surface area contributed by atoms with Crippen molar-refractivity contribution in [3.05, 3.63) is 52.4 Å². The number of nitrogens with two attached hydrogens (primary N) is 1. The van der Waals surface area contributed by atoms with Crippen LogP contribution in [0.5, 0.6) is 0 Å². The molecule has 6 nitrogen and oxygen atoms in total. The highest BCUT2D eigenvalue weighted by Gasteiger charge is 2.12. The minimum absolute atomic E-state index is 0.105. The third kappa shape index (κ3) is 4.65. The third-order valence-corrected chi connectivity index (χ3v) is 3.93. The molecule has 0 radical (unpaired) electrons. The van der Waals surface area contributed by atoms with Crippen molar-refractivity contribution in [2.75, 3.05) is 11.9 Å². The summed E-state index contributed by atoms with van der Waals surface area (Å²) >= 11 is 1.22. The van der Waals surface area contributed by atoms with E-state index in [9.17, 15) is 14.4 Å². The molecule has 1 aromatic heterocycles. The Morgan fingerprint density at radius 2 is 2.00 bits per heavy atom. The van der Waals surface area contributed by atoms with Crippen LogP contribution in [-0.4, -0.2) is 24.3 Å². The zero-order valence-corrected chi connectivity index (χ0v) is 13.4. The lowest BCUT2D eigenvalue weighted by molar-refractivity contribution is -0.116. The summed E-state index contributed by atoms with van der Waals surface area (Å²) in [5.41, 5.74) is 7.04. The van der Waals surface area contributed by atoms with Crippen molar-refractivity contribution in [2.45, 2.75) is 13.3 Å². The predicted molar refractivity (Wildman–Crippen MR) is 89.6 cm³/mol. The summed E-state index contributed by atoms with van der Waals surface area (Å²) in [6, 6.07) is 8.76. The number of rotatable bonds is 6. The number of thiophene rings is 1. The Morgan fingerprint density at radius 1 is 1.22 bits per heavy atom. The molecule has 0 saturated heterocycles. The molecule has 2 rings (SSSR count). The molecule has 23 heavy (non-hydrogen) atoms. The molecule has 0 aliphatic heterocycles. The predicted octanol–water partition coefficient (Wildman–Crippen LogP) is 1.91. The summed E-state index contributed by atoms with van der Waals surface area (Å²) in [5.74, 6) is -1.11. The summed E-state index contributed by atoms with van der Waals surface area (Å²) in [5, 5.41) is 7.41. The number of carbonyl (C=O) groups is 3. The fourth-order valence-corrected chi connectivity index (χ4v) is 2.78. The van der Waals surface area contributed by atoms with Crippen molar-refractivity contribution in [1.82, 2.24) is 5.32 Å². The Bertz CT molecular complexity index is 740. The van der Waals surface area contributed by atoms with Crippen LogP contribution in [-0.2, 0) is 4.79 Å². The third-order valence-electron chi connectivity index (χ3n) is 3.10. The number of amides is 3. The summed E-state index contributed by atoms with van der Waals surface area (Å²) in [6.45, 7) is 2.11. The highest BCUT2D eigenvalue weighted by molar-refractivity contribution is 7.14. The monoisotopic (exact) mass is 331 g/mol. The minimum atomic E-state index is -0.589. The Kier molecular flexibility index (Phi) is 5.48. The van der Waals surface area contributed by atoms with Crippen LogP contribution in [0.15, 0.2) is 35.7 Å². The smallest absolute Gasteiger partial charge is 0.251 e. The lowest BCUT2D eigenvalue weighted by Gasteiger charge is -2.07. The maximum absolute atomic E-state index is 11.9. The highest BCUT2D eigenvalue weighted by Crippen LogP contribution is 2.22. The molecule has 1 aromatic carbocycles. The van der Waals surface area contributed by atoms with E-state index in [0.717, 1.165) is 5.56 Å². The number of nitrogens with one attached hydrogen (secondary N) is 2. The number of primary amides is 1. The van der Waals surface area contributed by atoms with E-state index in [4.69, 9.17) is 5.73 Å². The lowest BCUT2D eigenvalue weighted by Crippen LogP contribution is -2.27. The van der Waals surface area contributed by atoms with Crippen LogP contribution in [0.1, 0.15) is 32.7 Å². The Balaban J connectivity index is 1.82. The zero-order valence-electron chi connectivity index (χ0n) is 12.6. The average Bonchev–Trinajstić information content (AvgIpc) is 2.95. The van der Waals surface area contributed by atoms with Crippen molar-refractivity contribution < 1.29 is 14.4 Å². The number of hydrogen-bond donors (Lipinski definition) is 3. The van der Waals surface area contributed by atoms with Gasteiger partial charge in [0.05, 0.1) is 5.56 Å². The van der Waals surface area contributed by atoms with E-state index in [0.29, 0.717) is 10.6 Å². The van der Waals surface area contributed by atoms with Gasteiger partial charge in [0.15, 0.2) is 0 Å². The highest BCUT2D eigenvalue weighted by atomic mass is 32.1. The van der Waals surface area contributed by atoms with Crippen molar-refractivity contribution >= 4 is 34.1 Å². The molecule has 3 amide bonds. The van der Waals surface area contributed by atoms with Crippen LogP contribution in [0.3, 0.4) is 0 Å². The maximum Gasteiger partial charge on any atom is 0.251 e. The van der Waals surface area contributed by atoms with Gasteiger partial charge < -0.3 is 16.4 Å². The molecule has 0 aliphatic carbocycles. The summed E-state index contributed by atoms with van der Waals surface area (Å²) in [6.07, 6.45) is 0.105. The molecular formula is C16H17N3O3S. The van der Waals surface area contributed by atoms with Gasteiger partial charge in [0, 0.05) is 18.5 Å². The molecule has 0 spiro atoms.